The number of rotatable bonds is 5. The molecular formula is C13H19N3O2. The van der Waals surface area contributed by atoms with E-state index in [0.29, 0.717) is 5.58 Å². The molecule has 98 valence electrons. The summed E-state index contributed by atoms with van der Waals surface area (Å²) in [6.45, 7) is 2.95. The van der Waals surface area contributed by atoms with E-state index in [1.807, 2.05) is 32.2 Å². The highest BCUT2D eigenvalue weighted by molar-refractivity contribution is 5.76. The molecule has 1 aromatic heterocycles. The van der Waals surface area contributed by atoms with Crippen LogP contribution in [0.15, 0.2) is 27.4 Å². The van der Waals surface area contributed by atoms with E-state index < -0.39 is 5.76 Å². The van der Waals surface area contributed by atoms with Crippen molar-refractivity contribution in [3.8, 4) is 0 Å². The van der Waals surface area contributed by atoms with E-state index in [1.165, 1.54) is 0 Å². The van der Waals surface area contributed by atoms with Crippen LogP contribution in [0.5, 0.6) is 0 Å². The fourth-order valence-electron chi connectivity index (χ4n) is 1.95. The zero-order chi connectivity index (χ0) is 13.1. The number of hydrogen-bond donors (Lipinski definition) is 2. The number of anilines is 1. The zero-order valence-corrected chi connectivity index (χ0v) is 10.8. The van der Waals surface area contributed by atoms with E-state index in [-0.39, 0.29) is 6.04 Å². The van der Waals surface area contributed by atoms with Gasteiger partial charge in [-0.25, -0.2) is 4.79 Å². The zero-order valence-electron chi connectivity index (χ0n) is 10.8. The topological polar surface area (TPSA) is 75.3 Å². The van der Waals surface area contributed by atoms with Gasteiger partial charge in [0.2, 0.25) is 0 Å². The van der Waals surface area contributed by atoms with Crippen molar-refractivity contribution in [1.29, 1.82) is 0 Å². The van der Waals surface area contributed by atoms with Crippen LogP contribution in [0.3, 0.4) is 0 Å². The van der Waals surface area contributed by atoms with E-state index in [0.717, 1.165) is 30.6 Å². The lowest BCUT2D eigenvalue weighted by Gasteiger charge is -2.19. The molecule has 0 aliphatic carbocycles. The molecule has 0 bridgehead atoms. The summed E-state index contributed by atoms with van der Waals surface area (Å²) in [6.07, 6.45) is 2.05. The monoisotopic (exact) mass is 249 g/mol. The van der Waals surface area contributed by atoms with Crippen LogP contribution in [0.1, 0.15) is 19.8 Å². The first-order chi connectivity index (χ1) is 8.56. The van der Waals surface area contributed by atoms with Crippen molar-refractivity contribution in [2.24, 2.45) is 5.73 Å². The van der Waals surface area contributed by atoms with Gasteiger partial charge in [0.15, 0.2) is 5.58 Å². The van der Waals surface area contributed by atoms with Crippen molar-refractivity contribution in [3.63, 3.8) is 0 Å². The third-order valence-electron chi connectivity index (χ3n) is 3.00. The summed E-state index contributed by atoms with van der Waals surface area (Å²) >= 11 is 0. The van der Waals surface area contributed by atoms with Crippen LogP contribution < -0.4 is 16.4 Å². The maximum absolute atomic E-state index is 11.1. The molecular weight excluding hydrogens is 230 g/mol. The minimum atomic E-state index is -0.415. The lowest BCUT2D eigenvalue weighted by Crippen LogP contribution is -2.21. The van der Waals surface area contributed by atoms with Gasteiger partial charge in [0.1, 0.15) is 0 Å². The Hall–Kier alpha value is -1.75. The molecule has 1 unspecified atom stereocenters. The molecule has 0 aliphatic heterocycles. The first kappa shape index (κ1) is 12.7. The van der Waals surface area contributed by atoms with Crippen LogP contribution in [0.25, 0.3) is 11.1 Å². The van der Waals surface area contributed by atoms with Gasteiger partial charge in [-0.1, -0.05) is 0 Å². The van der Waals surface area contributed by atoms with Crippen molar-refractivity contribution in [2.45, 2.75) is 25.8 Å². The molecule has 1 aromatic carbocycles. The van der Waals surface area contributed by atoms with E-state index >= 15 is 0 Å². The lowest BCUT2D eigenvalue weighted by atomic mass is 10.2. The molecule has 5 heteroatoms. The van der Waals surface area contributed by atoms with Gasteiger partial charge < -0.3 is 15.1 Å². The highest BCUT2D eigenvalue weighted by Crippen LogP contribution is 2.19. The van der Waals surface area contributed by atoms with Gasteiger partial charge in [-0.15, -0.1) is 0 Å². The number of H-pyrrole nitrogens is 1. The maximum atomic E-state index is 11.1. The van der Waals surface area contributed by atoms with Gasteiger partial charge in [-0.3, -0.25) is 4.98 Å². The third-order valence-corrected chi connectivity index (χ3v) is 3.00. The molecule has 0 spiro atoms. The highest BCUT2D eigenvalue weighted by Gasteiger charge is 2.06. The average molecular weight is 249 g/mol. The molecule has 0 aliphatic rings. The second-order valence-electron chi connectivity index (χ2n) is 4.74. The normalized spacial score (nSPS) is 12.8. The lowest BCUT2D eigenvalue weighted by molar-refractivity contribution is 0.555. The van der Waals surface area contributed by atoms with E-state index in [9.17, 15) is 4.79 Å². The van der Waals surface area contributed by atoms with Crippen LogP contribution in [0, 0.1) is 0 Å². The minimum absolute atomic E-state index is 0.239. The van der Waals surface area contributed by atoms with Gasteiger partial charge in [0.05, 0.1) is 5.52 Å². The molecule has 5 nitrogen and oxygen atoms in total. The number of oxazole rings is 1. The molecule has 0 saturated heterocycles. The van der Waals surface area contributed by atoms with Crippen LogP contribution in [0.4, 0.5) is 5.69 Å². The number of hydrogen-bond acceptors (Lipinski definition) is 4. The maximum Gasteiger partial charge on any atom is 0.417 e. The van der Waals surface area contributed by atoms with Crippen LogP contribution >= 0.6 is 0 Å². The van der Waals surface area contributed by atoms with Crippen LogP contribution in [-0.2, 0) is 0 Å². The Morgan fingerprint density at radius 3 is 3.00 bits per heavy atom. The number of nitrogens with one attached hydrogen (secondary N) is 1. The molecule has 2 rings (SSSR count). The fraction of sp³-hybridized carbons (Fsp3) is 0.462. The summed E-state index contributed by atoms with van der Waals surface area (Å²) in [7, 11) is 2.02. The van der Waals surface area contributed by atoms with Gasteiger partial charge in [0, 0.05) is 31.4 Å². The Kier molecular flexibility index (Phi) is 3.72. The molecule has 2 aromatic rings. The molecule has 18 heavy (non-hydrogen) atoms. The Morgan fingerprint density at radius 1 is 1.50 bits per heavy atom. The summed E-state index contributed by atoms with van der Waals surface area (Å²) in [6, 6.07) is 5.94. The summed E-state index contributed by atoms with van der Waals surface area (Å²) in [5.41, 5.74) is 8.08. The van der Waals surface area contributed by atoms with Crippen LogP contribution in [-0.4, -0.2) is 24.6 Å². The SMILES string of the molecule is CC(N)CCCN(C)c1ccc2[nH]c(=O)oc2c1. The molecule has 0 saturated carbocycles. The highest BCUT2D eigenvalue weighted by atomic mass is 16.4. The van der Waals surface area contributed by atoms with Crippen LogP contribution in [0.2, 0.25) is 0 Å². The summed E-state index contributed by atoms with van der Waals surface area (Å²) in [5, 5.41) is 0. The largest absolute Gasteiger partial charge is 0.417 e. The Labute approximate surface area is 106 Å². The van der Waals surface area contributed by atoms with Gasteiger partial charge in [-0.2, -0.15) is 0 Å². The van der Waals surface area contributed by atoms with Crippen molar-refractivity contribution < 1.29 is 4.42 Å². The number of nitrogens with two attached hydrogens (primary N) is 1. The summed E-state index contributed by atoms with van der Waals surface area (Å²) in [5.74, 6) is -0.415. The molecule has 3 N–H and O–H groups in total. The Balaban J connectivity index is 2.07. The predicted molar refractivity (Wildman–Crippen MR) is 73.0 cm³/mol. The van der Waals surface area contributed by atoms with Crippen molar-refractivity contribution in [2.75, 3.05) is 18.5 Å². The first-order valence-corrected chi connectivity index (χ1v) is 6.16. The standard InChI is InChI=1S/C13H19N3O2/c1-9(14)4-3-7-16(2)10-5-6-11-12(8-10)18-13(17)15-11/h5-6,8-9H,3-4,7,14H2,1-2H3,(H,15,17). The fourth-order valence-corrected chi connectivity index (χ4v) is 1.95. The van der Waals surface area contributed by atoms with Gasteiger partial charge in [0.25, 0.3) is 0 Å². The van der Waals surface area contributed by atoms with E-state index in [4.69, 9.17) is 10.2 Å². The first-order valence-electron chi connectivity index (χ1n) is 6.16. The summed E-state index contributed by atoms with van der Waals surface area (Å²) < 4.78 is 5.04. The molecule has 0 radical (unpaired) electrons. The van der Waals surface area contributed by atoms with Gasteiger partial charge >= 0.3 is 5.76 Å². The van der Waals surface area contributed by atoms with Gasteiger partial charge in [-0.05, 0) is 31.9 Å². The van der Waals surface area contributed by atoms with E-state index in [2.05, 4.69) is 9.88 Å². The van der Waals surface area contributed by atoms with Crippen molar-refractivity contribution >= 4 is 16.8 Å². The molecule has 1 heterocycles. The quantitative estimate of drug-likeness (QED) is 0.845. The number of aromatic amines is 1. The minimum Gasteiger partial charge on any atom is -0.408 e. The van der Waals surface area contributed by atoms with Crippen molar-refractivity contribution in [3.05, 3.63) is 28.7 Å². The smallest absolute Gasteiger partial charge is 0.408 e. The molecule has 1 atom stereocenters. The number of nitrogens with zero attached hydrogens (tertiary/aromatic N) is 1. The predicted octanol–water partition coefficient (Wildman–Crippen LogP) is 1.68. The number of fused-ring (bicyclic) bond motifs is 1. The second kappa shape index (κ2) is 5.27. The molecule has 0 fully saturated rings. The Bertz CT molecular complexity index is 571. The van der Waals surface area contributed by atoms with Crippen molar-refractivity contribution in [1.82, 2.24) is 4.98 Å². The number of aromatic nitrogens is 1. The molecule has 0 amide bonds. The number of benzene rings is 1. The third kappa shape index (κ3) is 2.92. The second-order valence-corrected chi connectivity index (χ2v) is 4.74. The Morgan fingerprint density at radius 2 is 2.28 bits per heavy atom. The average Bonchev–Trinajstić information content (AvgIpc) is 2.67. The van der Waals surface area contributed by atoms with E-state index in [1.54, 1.807) is 0 Å². The summed E-state index contributed by atoms with van der Waals surface area (Å²) in [4.78, 5) is 15.8.